The van der Waals surface area contributed by atoms with Crippen molar-refractivity contribution < 1.29 is 9.53 Å². The van der Waals surface area contributed by atoms with Gasteiger partial charge in [0.05, 0.1) is 6.10 Å². The second kappa shape index (κ2) is 6.71. The van der Waals surface area contributed by atoms with Gasteiger partial charge in [0.25, 0.3) is 0 Å². The zero-order chi connectivity index (χ0) is 13.8. The number of likely N-dealkylation sites (tertiary alicyclic amines) is 1. The van der Waals surface area contributed by atoms with E-state index in [1.165, 1.54) is 0 Å². The quantitative estimate of drug-likeness (QED) is 0.827. The zero-order valence-corrected chi connectivity index (χ0v) is 12.3. The fourth-order valence-electron chi connectivity index (χ4n) is 3.03. The van der Waals surface area contributed by atoms with E-state index in [1.54, 1.807) is 0 Å². The number of hydrogen-bond donors (Lipinski definition) is 1. The van der Waals surface area contributed by atoms with E-state index in [2.05, 4.69) is 13.8 Å². The van der Waals surface area contributed by atoms with E-state index in [0.29, 0.717) is 11.8 Å². The van der Waals surface area contributed by atoms with Crippen LogP contribution in [-0.4, -0.2) is 42.6 Å². The molecule has 0 spiro atoms. The molecule has 2 fully saturated rings. The first-order chi connectivity index (χ1) is 9.06. The summed E-state index contributed by atoms with van der Waals surface area (Å²) in [5, 5.41) is 0. The van der Waals surface area contributed by atoms with Gasteiger partial charge in [-0.1, -0.05) is 13.8 Å². The van der Waals surface area contributed by atoms with Crippen LogP contribution in [-0.2, 0) is 9.53 Å². The predicted molar refractivity (Wildman–Crippen MR) is 75.7 cm³/mol. The lowest BCUT2D eigenvalue weighted by Crippen LogP contribution is -2.35. The minimum Gasteiger partial charge on any atom is -0.376 e. The summed E-state index contributed by atoms with van der Waals surface area (Å²) in [4.78, 5) is 14.3. The van der Waals surface area contributed by atoms with E-state index < -0.39 is 0 Å². The van der Waals surface area contributed by atoms with Gasteiger partial charge in [-0.3, -0.25) is 4.79 Å². The fraction of sp³-hybridized carbons (Fsp3) is 0.933. The van der Waals surface area contributed by atoms with Gasteiger partial charge in [-0.15, -0.1) is 0 Å². The van der Waals surface area contributed by atoms with Gasteiger partial charge in [-0.05, 0) is 38.0 Å². The Kier molecular flexibility index (Phi) is 5.22. The highest BCUT2D eigenvalue weighted by Gasteiger charge is 2.34. The third-order valence-electron chi connectivity index (χ3n) is 4.33. The summed E-state index contributed by atoms with van der Waals surface area (Å²) in [6, 6.07) is 0.231. The molecule has 0 aromatic carbocycles. The molecule has 4 heteroatoms. The summed E-state index contributed by atoms with van der Waals surface area (Å²) in [5.74, 6) is 1.16. The largest absolute Gasteiger partial charge is 0.376 e. The molecule has 1 saturated heterocycles. The van der Waals surface area contributed by atoms with Gasteiger partial charge in [0.1, 0.15) is 0 Å². The number of carbonyl (C=O) groups excluding carboxylic acids is 1. The Labute approximate surface area is 116 Å². The zero-order valence-electron chi connectivity index (χ0n) is 12.3. The van der Waals surface area contributed by atoms with Crippen LogP contribution >= 0.6 is 0 Å². The van der Waals surface area contributed by atoms with Crippen molar-refractivity contribution in [1.82, 2.24) is 4.90 Å². The van der Waals surface area contributed by atoms with E-state index >= 15 is 0 Å². The van der Waals surface area contributed by atoms with Gasteiger partial charge in [-0.2, -0.15) is 0 Å². The van der Waals surface area contributed by atoms with Crippen molar-refractivity contribution in [2.24, 2.45) is 17.6 Å². The molecule has 1 aliphatic heterocycles. The van der Waals surface area contributed by atoms with Crippen molar-refractivity contribution in [3.05, 3.63) is 0 Å². The summed E-state index contributed by atoms with van der Waals surface area (Å²) in [7, 11) is 0. The second-order valence-electron chi connectivity index (χ2n) is 6.52. The molecule has 0 radical (unpaired) electrons. The highest BCUT2D eigenvalue weighted by atomic mass is 16.5. The Bertz CT molecular complexity index is 307. The molecule has 1 aliphatic carbocycles. The maximum Gasteiger partial charge on any atom is 0.225 e. The molecular weight excluding hydrogens is 240 g/mol. The summed E-state index contributed by atoms with van der Waals surface area (Å²) in [5.41, 5.74) is 5.89. The number of rotatable bonds is 5. The lowest BCUT2D eigenvalue weighted by Gasteiger charge is -2.20. The summed E-state index contributed by atoms with van der Waals surface area (Å²) in [6.45, 7) is 6.87. The van der Waals surface area contributed by atoms with Gasteiger partial charge in [0, 0.05) is 31.7 Å². The van der Waals surface area contributed by atoms with Gasteiger partial charge < -0.3 is 15.4 Å². The molecule has 19 heavy (non-hydrogen) atoms. The molecule has 1 saturated carbocycles. The Morgan fingerprint density at radius 1 is 1.37 bits per heavy atom. The van der Waals surface area contributed by atoms with Crippen LogP contribution in [0.5, 0.6) is 0 Å². The van der Waals surface area contributed by atoms with Crippen molar-refractivity contribution in [2.45, 2.75) is 58.1 Å². The number of ether oxygens (including phenoxy) is 1. The molecule has 2 N–H and O–H groups in total. The maximum absolute atomic E-state index is 12.3. The molecule has 4 nitrogen and oxygen atoms in total. The topological polar surface area (TPSA) is 55.6 Å². The van der Waals surface area contributed by atoms with Gasteiger partial charge >= 0.3 is 0 Å². The van der Waals surface area contributed by atoms with E-state index in [4.69, 9.17) is 10.5 Å². The lowest BCUT2D eigenvalue weighted by atomic mass is 10.1. The predicted octanol–water partition coefficient (Wildman–Crippen LogP) is 1.78. The minimum absolute atomic E-state index is 0.171. The van der Waals surface area contributed by atoms with E-state index in [-0.39, 0.29) is 18.1 Å². The summed E-state index contributed by atoms with van der Waals surface area (Å²) >= 11 is 0. The SMILES string of the molecule is CC(C)CCOC1CCN(C(=O)C2CCC(N)C2)C1. The number of hydrogen-bond acceptors (Lipinski definition) is 3. The molecule has 2 rings (SSSR count). The van der Waals surface area contributed by atoms with Crippen LogP contribution in [0.4, 0.5) is 0 Å². The molecule has 1 heterocycles. The van der Waals surface area contributed by atoms with Crippen molar-refractivity contribution in [3.8, 4) is 0 Å². The highest BCUT2D eigenvalue weighted by Crippen LogP contribution is 2.27. The van der Waals surface area contributed by atoms with Crippen LogP contribution in [0.15, 0.2) is 0 Å². The number of nitrogens with two attached hydrogens (primary N) is 1. The van der Waals surface area contributed by atoms with Crippen LogP contribution in [0, 0.1) is 11.8 Å². The average Bonchev–Trinajstić information content (AvgIpc) is 2.97. The molecule has 2 aliphatic rings. The third kappa shape index (κ3) is 4.18. The second-order valence-corrected chi connectivity index (χ2v) is 6.52. The first kappa shape index (κ1) is 14.8. The average molecular weight is 268 g/mol. The monoisotopic (exact) mass is 268 g/mol. The molecule has 110 valence electrons. The Morgan fingerprint density at radius 2 is 2.16 bits per heavy atom. The number of carbonyl (C=O) groups is 1. The van der Waals surface area contributed by atoms with Crippen LogP contribution in [0.1, 0.15) is 46.0 Å². The smallest absolute Gasteiger partial charge is 0.225 e. The van der Waals surface area contributed by atoms with E-state index in [1.807, 2.05) is 4.90 Å². The maximum atomic E-state index is 12.3. The first-order valence-electron chi connectivity index (χ1n) is 7.72. The number of nitrogens with zero attached hydrogens (tertiary/aromatic N) is 1. The van der Waals surface area contributed by atoms with Crippen LogP contribution in [0.3, 0.4) is 0 Å². The van der Waals surface area contributed by atoms with Crippen molar-refractivity contribution >= 4 is 5.91 Å². The molecule has 0 bridgehead atoms. The number of amides is 1. The fourth-order valence-corrected chi connectivity index (χ4v) is 3.03. The molecule has 0 aromatic heterocycles. The van der Waals surface area contributed by atoms with Crippen LogP contribution < -0.4 is 5.73 Å². The Morgan fingerprint density at radius 3 is 2.79 bits per heavy atom. The molecule has 0 aromatic rings. The molecule has 1 amide bonds. The van der Waals surface area contributed by atoms with E-state index in [0.717, 1.165) is 51.8 Å². The summed E-state index contributed by atoms with van der Waals surface area (Å²) < 4.78 is 5.86. The minimum atomic E-state index is 0.171. The van der Waals surface area contributed by atoms with Gasteiger partial charge in [0.15, 0.2) is 0 Å². The van der Waals surface area contributed by atoms with Gasteiger partial charge in [0.2, 0.25) is 5.91 Å². The summed E-state index contributed by atoms with van der Waals surface area (Å²) in [6.07, 6.45) is 5.17. The van der Waals surface area contributed by atoms with E-state index in [9.17, 15) is 4.79 Å². The van der Waals surface area contributed by atoms with Crippen molar-refractivity contribution in [1.29, 1.82) is 0 Å². The lowest BCUT2D eigenvalue weighted by molar-refractivity contribution is -0.134. The normalized spacial score (nSPS) is 31.4. The van der Waals surface area contributed by atoms with Crippen LogP contribution in [0.2, 0.25) is 0 Å². The first-order valence-corrected chi connectivity index (χ1v) is 7.72. The molecular formula is C15H28N2O2. The standard InChI is InChI=1S/C15H28N2O2/c1-11(2)6-8-19-14-5-7-17(10-14)15(18)12-3-4-13(16)9-12/h11-14H,3-10,16H2,1-2H3. The Hall–Kier alpha value is -0.610. The Balaban J connectivity index is 1.70. The highest BCUT2D eigenvalue weighted by molar-refractivity contribution is 5.79. The van der Waals surface area contributed by atoms with Crippen molar-refractivity contribution in [3.63, 3.8) is 0 Å². The van der Waals surface area contributed by atoms with Gasteiger partial charge in [-0.25, -0.2) is 0 Å². The third-order valence-corrected chi connectivity index (χ3v) is 4.33. The van der Waals surface area contributed by atoms with Crippen LogP contribution in [0.25, 0.3) is 0 Å². The molecule has 3 atom stereocenters. The van der Waals surface area contributed by atoms with Crippen molar-refractivity contribution in [2.75, 3.05) is 19.7 Å². The molecule has 3 unspecified atom stereocenters.